The highest BCUT2D eigenvalue weighted by atomic mass is 16.4. The number of hydrogen-bond donors (Lipinski definition) is 2. The minimum atomic E-state index is -0.862. The minimum absolute atomic E-state index is 0.0805. The van der Waals surface area contributed by atoms with E-state index >= 15 is 0 Å². The molecule has 0 spiro atoms. The lowest BCUT2D eigenvalue weighted by atomic mass is 10.0. The fourth-order valence-electron chi connectivity index (χ4n) is 3.70. The van der Waals surface area contributed by atoms with Crippen molar-refractivity contribution in [1.82, 2.24) is 15.1 Å². The Hall–Kier alpha value is -1.79. The topological polar surface area (TPSA) is 90.0 Å². The van der Waals surface area contributed by atoms with Crippen LogP contribution in [-0.4, -0.2) is 65.0 Å². The van der Waals surface area contributed by atoms with Gasteiger partial charge in [-0.25, -0.2) is 4.79 Å². The maximum Gasteiger partial charge on any atom is 0.407 e. The van der Waals surface area contributed by atoms with Crippen molar-refractivity contribution in [1.29, 1.82) is 0 Å². The Labute approximate surface area is 123 Å². The van der Waals surface area contributed by atoms with Gasteiger partial charge in [-0.05, 0) is 12.8 Å². The molecule has 3 heterocycles. The quantitative estimate of drug-likeness (QED) is 0.773. The molecule has 0 bridgehead atoms. The van der Waals surface area contributed by atoms with E-state index in [4.69, 9.17) is 5.11 Å². The van der Waals surface area contributed by atoms with Gasteiger partial charge in [-0.3, -0.25) is 9.59 Å². The zero-order valence-corrected chi connectivity index (χ0v) is 12.0. The average molecular weight is 295 g/mol. The molecule has 0 aliphatic carbocycles. The summed E-state index contributed by atoms with van der Waals surface area (Å²) in [6, 6.07) is 0.144. The SMILES string of the molecule is O=C1CCC(CCC(=O)N2CC3CN(C(=O)O)CC3C2)N1. The van der Waals surface area contributed by atoms with E-state index < -0.39 is 6.09 Å². The van der Waals surface area contributed by atoms with Crippen LogP contribution in [0.15, 0.2) is 0 Å². The second kappa shape index (κ2) is 5.54. The molecule has 116 valence electrons. The zero-order chi connectivity index (χ0) is 15.0. The van der Waals surface area contributed by atoms with E-state index in [-0.39, 0.29) is 29.7 Å². The highest BCUT2D eigenvalue weighted by Crippen LogP contribution is 2.31. The Morgan fingerprint density at radius 3 is 2.29 bits per heavy atom. The molecule has 0 radical (unpaired) electrons. The van der Waals surface area contributed by atoms with Crippen molar-refractivity contribution < 1.29 is 19.5 Å². The van der Waals surface area contributed by atoms with Gasteiger partial charge in [0.1, 0.15) is 0 Å². The van der Waals surface area contributed by atoms with E-state index in [9.17, 15) is 14.4 Å². The van der Waals surface area contributed by atoms with Gasteiger partial charge in [-0.15, -0.1) is 0 Å². The highest BCUT2D eigenvalue weighted by Gasteiger charge is 2.42. The van der Waals surface area contributed by atoms with Crippen LogP contribution in [0.4, 0.5) is 4.79 Å². The number of nitrogens with zero attached hydrogens (tertiary/aromatic N) is 2. The van der Waals surface area contributed by atoms with Crippen LogP contribution in [0.1, 0.15) is 25.7 Å². The van der Waals surface area contributed by atoms with Crippen LogP contribution < -0.4 is 5.32 Å². The summed E-state index contributed by atoms with van der Waals surface area (Å²) in [5.74, 6) is 0.789. The van der Waals surface area contributed by atoms with Gasteiger partial charge in [0.15, 0.2) is 0 Å². The summed E-state index contributed by atoms with van der Waals surface area (Å²) in [7, 11) is 0. The van der Waals surface area contributed by atoms with Crippen LogP contribution in [0.25, 0.3) is 0 Å². The molecule has 3 aliphatic rings. The molecule has 21 heavy (non-hydrogen) atoms. The lowest BCUT2D eigenvalue weighted by Gasteiger charge is -2.20. The van der Waals surface area contributed by atoms with E-state index in [1.807, 2.05) is 4.90 Å². The third-order valence-corrected chi connectivity index (χ3v) is 4.90. The number of carbonyl (C=O) groups is 3. The largest absolute Gasteiger partial charge is 0.465 e. The monoisotopic (exact) mass is 295 g/mol. The average Bonchev–Trinajstić information content (AvgIpc) is 3.09. The van der Waals surface area contributed by atoms with Crippen LogP contribution in [0.2, 0.25) is 0 Å². The van der Waals surface area contributed by atoms with E-state index in [1.54, 1.807) is 0 Å². The lowest BCUT2D eigenvalue weighted by molar-refractivity contribution is -0.130. The zero-order valence-electron chi connectivity index (χ0n) is 12.0. The van der Waals surface area contributed by atoms with Gasteiger partial charge < -0.3 is 20.2 Å². The first kappa shape index (κ1) is 14.2. The molecule has 0 aromatic rings. The van der Waals surface area contributed by atoms with Crippen molar-refractivity contribution in [2.45, 2.75) is 31.7 Å². The van der Waals surface area contributed by atoms with Crippen molar-refractivity contribution in [2.75, 3.05) is 26.2 Å². The molecule has 3 aliphatic heterocycles. The number of rotatable bonds is 3. The Balaban J connectivity index is 1.44. The van der Waals surface area contributed by atoms with Crippen LogP contribution in [0.3, 0.4) is 0 Å². The fourth-order valence-corrected chi connectivity index (χ4v) is 3.70. The van der Waals surface area contributed by atoms with Gasteiger partial charge in [-0.2, -0.15) is 0 Å². The highest BCUT2D eigenvalue weighted by molar-refractivity contribution is 5.79. The predicted octanol–water partition coefficient (Wildman–Crippen LogP) is 0.113. The van der Waals surface area contributed by atoms with Crippen LogP contribution in [-0.2, 0) is 9.59 Å². The van der Waals surface area contributed by atoms with E-state index in [1.165, 1.54) is 4.90 Å². The van der Waals surface area contributed by atoms with Crippen LogP contribution in [0.5, 0.6) is 0 Å². The maximum atomic E-state index is 12.2. The van der Waals surface area contributed by atoms with Gasteiger partial charge in [0, 0.05) is 56.9 Å². The first-order chi connectivity index (χ1) is 10.0. The molecule has 3 amide bonds. The van der Waals surface area contributed by atoms with Crippen LogP contribution in [0, 0.1) is 11.8 Å². The molecule has 0 aromatic heterocycles. The molecule has 7 heteroatoms. The number of hydrogen-bond acceptors (Lipinski definition) is 3. The van der Waals surface area contributed by atoms with Crippen molar-refractivity contribution >= 4 is 17.9 Å². The van der Waals surface area contributed by atoms with Gasteiger partial charge in [-0.1, -0.05) is 0 Å². The number of likely N-dealkylation sites (tertiary alicyclic amines) is 2. The molecule has 3 saturated heterocycles. The van der Waals surface area contributed by atoms with Gasteiger partial charge in [0.2, 0.25) is 11.8 Å². The summed E-state index contributed by atoms with van der Waals surface area (Å²) < 4.78 is 0. The van der Waals surface area contributed by atoms with Crippen LogP contribution >= 0.6 is 0 Å². The molecule has 0 aromatic carbocycles. The minimum Gasteiger partial charge on any atom is -0.465 e. The van der Waals surface area contributed by atoms with E-state index in [0.717, 1.165) is 6.42 Å². The number of fused-ring (bicyclic) bond motifs is 1. The number of carbonyl (C=O) groups excluding carboxylic acids is 2. The molecule has 3 fully saturated rings. The first-order valence-corrected chi connectivity index (χ1v) is 7.58. The summed E-state index contributed by atoms with van der Waals surface area (Å²) >= 11 is 0. The van der Waals surface area contributed by atoms with Gasteiger partial charge in [0.05, 0.1) is 0 Å². The standard InChI is InChI=1S/C14H21N3O4/c18-12-3-1-11(15-12)2-4-13(19)16-5-9-7-17(14(20)21)8-10(9)6-16/h9-11H,1-8H2,(H,15,18)(H,20,21). The van der Waals surface area contributed by atoms with Crippen molar-refractivity contribution in [3.8, 4) is 0 Å². The van der Waals surface area contributed by atoms with Crippen molar-refractivity contribution in [3.05, 3.63) is 0 Å². The summed E-state index contributed by atoms with van der Waals surface area (Å²) in [5, 5.41) is 11.9. The second-order valence-corrected chi connectivity index (χ2v) is 6.35. The second-order valence-electron chi connectivity index (χ2n) is 6.35. The van der Waals surface area contributed by atoms with Gasteiger partial charge >= 0.3 is 6.09 Å². The molecule has 3 atom stereocenters. The summed E-state index contributed by atoms with van der Waals surface area (Å²) in [6.45, 7) is 2.43. The lowest BCUT2D eigenvalue weighted by Crippen LogP contribution is -2.35. The molecular formula is C14H21N3O4. The Morgan fingerprint density at radius 2 is 1.76 bits per heavy atom. The normalized spacial score (nSPS) is 31.4. The molecular weight excluding hydrogens is 274 g/mol. The van der Waals surface area contributed by atoms with Crippen molar-refractivity contribution in [2.24, 2.45) is 11.8 Å². The van der Waals surface area contributed by atoms with Crippen molar-refractivity contribution in [3.63, 3.8) is 0 Å². The third-order valence-electron chi connectivity index (χ3n) is 4.90. The molecule has 3 unspecified atom stereocenters. The third kappa shape index (κ3) is 2.96. The van der Waals surface area contributed by atoms with E-state index in [2.05, 4.69) is 5.32 Å². The Bertz CT molecular complexity index is 453. The molecule has 2 N–H and O–H groups in total. The number of nitrogens with one attached hydrogen (secondary N) is 1. The Morgan fingerprint density at radius 1 is 1.14 bits per heavy atom. The molecule has 0 saturated carbocycles. The smallest absolute Gasteiger partial charge is 0.407 e. The molecule has 7 nitrogen and oxygen atoms in total. The first-order valence-electron chi connectivity index (χ1n) is 7.58. The molecule has 3 rings (SSSR count). The maximum absolute atomic E-state index is 12.2. The summed E-state index contributed by atoms with van der Waals surface area (Å²) in [4.78, 5) is 37.6. The number of carboxylic acid groups (broad SMARTS) is 1. The summed E-state index contributed by atoms with van der Waals surface area (Å²) in [5.41, 5.74) is 0. The van der Waals surface area contributed by atoms with Gasteiger partial charge in [0.25, 0.3) is 0 Å². The number of amides is 3. The summed E-state index contributed by atoms with van der Waals surface area (Å²) in [6.07, 6.45) is 1.70. The van der Waals surface area contributed by atoms with E-state index in [0.29, 0.717) is 45.4 Å². The fraction of sp³-hybridized carbons (Fsp3) is 0.786. The Kier molecular flexibility index (Phi) is 3.73. The predicted molar refractivity (Wildman–Crippen MR) is 73.6 cm³/mol.